The first kappa shape index (κ1) is 26.3. The number of thiazole rings is 1. The average Bonchev–Trinajstić information content (AvgIpc) is 3.34. The fourth-order valence-electron chi connectivity index (χ4n) is 4.57. The Labute approximate surface area is 211 Å². The van der Waals surface area contributed by atoms with Crippen LogP contribution in [-0.2, 0) is 9.47 Å². The zero-order chi connectivity index (χ0) is 24.8. The molecule has 0 radical (unpaired) electrons. The molecule has 1 N–H and O–H groups in total. The summed E-state index contributed by atoms with van der Waals surface area (Å²) in [6.45, 7) is 2.68. The SMILES string of the molecule is O=C(NCC(c1scnc1C(F)F)N1CCC(COC2CCCCO2)CC1)c1c(F)cccc1Cl. The lowest BCUT2D eigenvalue weighted by Crippen LogP contribution is -2.43. The lowest BCUT2D eigenvalue weighted by Gasteiger charge is -2.38. The molecule has 1 aromatic carbocycles. The Bertz CT molecular complexity index is 962. The predicted molar refractivity (Wildman–Crippen MR) is 127 cm³/mol. The van der Waals surface area contributed by atoms with Gasteiger partial charge in [0.1, 0.15) is 11.5 Å². The first-order valence-electron chi connectivity index (χ1n) is 11.8. The summed E-state index contributed by atoms with van der Waals surface area (Å²) in [5.41, 5.74) is 0.856. The number of nitrogens with one attached hydrogen (secondary N) is 1. The van der Waals surface area contributed by atoms with Gasteiger partial charge in [0.05, 0.1) is 33.6 Å². The van der Waals surface area contributed by atoms with E-state index in [4.69, 9.17) is 21.1 Å². The number of amides is 1. The Kier molecular flexibility index (Phi) is 9.40. The van der Waals surface area contributed by atoms with Crippen LogP contribution >= 0.6 is 22.9 Å². The Balaban J connectivity index is 1.41. The number of aromatic nitrogens is 1. The largest absolute Gasteiger partial charge is 0.353 e. The van der Waals surface area contributed by atoms with E-state index in [9.17, 15) is 18.0 Å². The molecule has 2 fully saturated rings. The minimum absolute atomic E-state index is 0.00660. The van der Waals surface area contributed by atoms with Crippen molar-refractivity contribution in [2.45, 2.75) is 50.9 Å². The molecule has 2 atom stereocenters. The van der Waals surface area contributed by atoms with Crippen LogP contribution in [0.15, 0.2) is 23.7 Å². The summed E-state index contributed by atoms with van der Waals surface area (Å²) in [6.07, 6.45) is 1.89. The Morgan fingerprint density at radius 2 is 2.09 bits per heavy atom. The molecule has 2 aromatic rings. The number of benzene rings is 1. The third-order valence-corrected chi connectivity index (χ3v) is 7.79. The normalized spacial score (nSPS) is 20.8. The van der Waals surface area contributed by atoms with Gasteiger partial charge < -0.3 is 14.8 Å². The monoisotopic (exact) mass is 531 g/mol. The number of hydrogen-bond donors (Lipinski definition) is 1. The average molecular weight is 532 g/mol. The quantitative estimate of drug-likeness (QED) is 0.456. The summed E-state index contributed by atoms with van der Waals surface area (Å²) in [5, 5.41) is 2.69. The van der Waals surface area contributed by atoms with Gasteiger partial charge in [0.2, 0.25) is 0 Å². The van der Waals surface area contributed by atoms with Gasteiger partial charge in [0, 0.05) is 13.2 Å². The molecular formula is C24H29ClF3N3O3S. The van der Waals surface area contributed by atoms with Crippen LogP contribution in [-0.4, -0.2) is 54.9 Å². The minimum atomic E-state index is -2.73. The van der Waals surface area contributed by atoms with Crippen LogP contribution in [0.3, 0.4) is 0 Å². The van der Waals surface area contributed by atoms with Crippen LogP contribution in [0.2, 0.25) is 5.02 Å². The van der Waals surface area contributed by atoms with Crippen LogP contribution < -0.4 is 5.32 Å². The molecule has 4 rings (SSSR count). The molecule has 6 nitrogen and oxygen atoms in total. The fourth-order valence-corrected chi connectivity index (χ4v) is 5.76. The van der Waals surface area contributed by atoms with Crippen molar-refractivity contribution >= 4 is 28.8 Å². The van der Waals surface area contributed by atoms with Gasteiger partial charge in [0.15, 0.2) is 6.29 Å². The van der Waals surface area contributed by atoms with Crippen molar-refractivity contribution in [2.24, 2.45) is 5.92 Å². The molecule has 1 amide bonds. The molecule has 2 saturated heterocycles. The van der Waals surface area contributed by atoms with Crippen molar-refractivity contribution in [1.29, 1.82) is 0 Å². The van der Waals surface area contributed by atoms with Crippen molar-refractivity contribution in [1.82, 2.24) is 15.2 Å². The Morgan fingerprint density at radius 3 is 2.77 bits per heavy atom. The molecule has 0 saturated carbocycles. The van der Waals surface area contributed by atoms with Crippen LogP contribution in [0.1, 0.15) is 65.5 Å². The summed E-state index contributed by atoms with van der Waals surface area (Å²) in [6, 6.07) is 3.49. The summed E-state index contributed by atoms with van der Waals surface area (Å²) >= 11 is 7.16. The number of rotatable bonds is 9. The standard InChI is InChI=1S/C24H29ClF3N3O3S/c25-16-4-3-5-17(26)20(16)24(32)29-12-18(22-21(23(27)28)30-14-35-22)31-9-7-15(8-10-31)13-34-19-6-1-2-11-33-19/h3-5,14-15,18-19,23H,1-2,6-13H2,(H,29,32). The first-order valence-corrected chi connectivity index (χ1v) is 13.1. The lowest BCUT2D eigenvalue weighted by molar-refractivity contribution is -0.171. The molecule has 35 heavy (non-hydrogen) atoms. The number of piperidine rings is 1. The van der Waals surface area contributed by atoms with E-state index >= 15 is 0 Å². The van der Waals surface area contributed by atoms with Crippen LogP contribution in [0.25, 0.3) is 0 Å². The van der Waals surface area contributed by atoms with Gasteiger partial charge >= 0.3 is 0 Å². The molecule has 0 spiro atoms. The first-order chi connectivity index (χ1) is 16.9. The minimum Gasteiger partial charge on any atom is -0.353 e. The maximum absolute atomic E-state index is 14.2. The highest BCUT2D eigenvalue weighted by Gasteiger charge is 2.32. The van der Waals surface area contributed by atoms with Crippen molar-refractivity contribution in [3.63, 3.8) is 0 Å². The summed E-state index contributed by atoms with van der Waals surface area (Å²) in [5.74, 6) is -1.07. The number of nitrogens with zero attached hydrogens (tertiary/aromatic N) is 2. The topological polar surface area (TPSA) is 63.7 Å². The fraction of sp³-hybridized carbons (Fsp3) is 0.583. The van der Waals surface area contributed by atoms with Crippen molar-refractivity contribution in [3.8, 4) is 0 Å². The number of likely N-dealkylation sites (tertiary alicyclic amines) is 1. The molecular weight excluding hydrogens is 503 g/mol. The zero-order valence-corrected chi connectivity index (χ0v) is 20.8. The maximum Gasteiger partial charge on any atom is 0.281 e. The van der Waals surface area contributed by atoms with E-state index in [1.165, 1.54) is 17.6 Å². The lowest BCUT2D eigenvalue weighted by atomic mass is 9.96. The number of hydrogen-bond acceptors (Lipinski definition) is 6. The molecule has 0 bridgehead atoms. The number of alkyl halides is 2. The molecule has 0 aliphatic carbocycles. The Hall–Kier alpha value is -1.72. The van der Waals surface area contributed by atoms with E-state index in [1.807, 2.05) is 0 Å². The van der Waals surface area contributed by atoms with E-state index < -0.39 is 24.2 Å². The van der Waals surface area contributed by atoms with Crippen LogP contribution in [0, 0.1) is 11.7 Å². The van der Waals surface area contributed by atoms with E-state index in [2.05, 4.69) is 15.2 Å². The summed E-state index contributed by atoms with van der Waals surface area (Å²) in [7, 11) is 0. The number of ether oxygens (including phenoxy) is 2. The smallest absolute Gasteiger partial charge is 0.281 e. The van der Waals surface area contributed by atoms with Crippen molar-refractivity contribution in [2.75, 3.05) is 32.8 Å². The second-order valence-corrected chi connectivity index (χ2v) is 10.1. The molecule has 192 valence electrons. The van der Waals surface area contributed by atoms with Gasteiger partial charge in [-0.05, 0) is 63.2 Å². The Morgan fingerprint density at radius 1 is 1.29 bits per heavy atom. The maximum atomic E-state index is 14.2. The van der Waals surface area contributed by atoms with Gasteiger partial charge in [0.25, 0.3) is 12.3 Å². The summed E-state index contributed by atoms with van der Waals surface area (Å²) < 4.78 is 53.0. The molecule has 11 heteroatoms. The molecule has 1 aromatic heterocycles. The van der Waals surface area contributed by atoms with Crippen LogP contribution in [0.4, 0.5) is 13.2 Å². The molecule has 2 aliphatic rings. The molecule has 2 aliphatic heterocycles. The summed E-state index contributed by atoms with van der Waals surface area (Å²) in [4.78, 5) is 19.0. The van der Waals surface area contributed by atoms with Gasteiger partial charge in [-0.15, -0.1) is 11.3 Å². The van der Waals surface area contributed by atoms with E-state index in [1.54, 1.807) is 0 Å². The molecule has 3 heterocycles. The van der Waals surface area contributed by atoms with Crippen molar-refractivity contribution < 1.29 is 27.4 Å². The van der Waals surface area contributed by atoms with Gasteiger partial charge in [-0.25, -0.2) is 18.2 Å². The predicted octanol–water partition coefficient (Wildman–Crippen LogP) is 5.60. The van der Waals surface area contributed by atoms with Crippen LogP contribution in [0.5, 0.6) is 0 Å². The highest BCUT2D eigenvalue weighted by molar-refractivity contribution is 7.09. The zero-order valence-electron chi connectivity index (χ0n) is 19.2. The van der Waals surface area contributed by atoms with Gasteiger partial charge in [-0.3, -0.25) is 9.69 Å². The van der Waals surface area contributed by atoms with Gasteiger partial charge in [-0.1, -0.05) is 17.7 Å². The third kappa shape index (κ3) is 6.74. The van der Waals surface area contributed by atoms with Gasteiger partial charge in [-0.2, -0.15) is 0 Å². The third-order valence-electron chi connectivity index (χ3n) is 6.52. The highest BCUT2D eigenvalue weighted by atomic mass is 35.5. The second-order valence-electron chi connectivity index (χ2n) is 8.83. The van der Waals surface area contributed by atoms with Crippen molar-refractivity contribution in [3.05, 3.63) is 50.7 Å². The number of halogens is 4. The van der Waals surface area contributed by atoms with E-state index in [0.717, 1.165) is 56.1 Å². The van der Waals surface area contributed by atoms with E-state index in [-0.39, 0.29) is 29.1 Å². The number of carbonyl (C=O) groups is 1. The molecule has 2 unspecified atom stereocenters. The number of carbonyl (C=O) groups excluding carboxylic acids is 1. The second kappa shape index (κ2) is 12.5. The highest BCUT2D eigenvalue weighted by Crippen LogP contribution is 2.35. The van der Waals surface area contributed by atoms with E-state index in [0.29, 0.717) is 30.5 Å².